The Kier molecular flexibility index (Phi) is 5.55. The minimum Gasteiger partial charge on any atom is -0.324 e. The first-order chi connectivity index (χ1) is 10.9. The molecule has 2 amide bonds. The average Bonchev–Trinajstić information content (AvgIpc) is 2.48. The Balaban J connectivity index is 2.18. The van der Waals surface area contributed by atoms with Gasteiger partial charge in [0, 0.05) is 22.8 Å². The van der Waals surface area contributed by atoms with Gasteiger partial charge in [0.25, 0.3) is 0 Å². The van der Waals surface area contributed by atoms with E-state index in [1.807, 2.05) is 50.2 Å². The molecule has 2 aromatic rings. The van der Waals surface area contributed by atoms with Crippen LogP contribution in [-0.2, 0) is 9.59 Å². The van der Waals surface area contributed by atoms with Crippen molar-refractivity contribution in [2.45, 2.75) is 20.8 Å². The Morgan fingerprint density at radius 1 is 1.13 bits per heavy atom. The number of hydrogen-bond donors (Lipinski definition) is 1. The number of halogens is 1. The van der Waals surface area contributed by atoms with Crippen LogP contribution in [0.15, 0.2) is 46.9 Å². The number of anilines is 2. The van der Waals surface area contributed by atoms with Crippen molar-refractivity contribution in [1.29, 1.82) is 0 Å². The molecule has 0 aromatic heterocycles. The number of amides is 2. The molecule has 2 aromatic carbocycles. The summed E-state index contributed by atoms with van der Waals surface area (Å²) in [6, 6.07) is 13.1. The lowest BCUT2D eigenvalue weighted by atomic mass is 10.1. The molecular formula is C18H19BrN2O2. The maximum Gasteiger partial charge on any atom is 0.244 e. The van der Waals surface area contributed by atoms with Crippen LogP contribution in [0.25, 0.3) is 0 Å². The van der Waals surface area contributed by atoms with Crippen LogP contribution in [0.5, 0.6) is 0 Å². The van der Waals surface area contributed by atoms with E-state index in [9.17, 15) is 9.59 Å². The second kappa shape index (κ2) is 7.42. The fourth-order valence-electron chi connectivity index (χ4n) is 2.30. The molecule has 0 saturated carbocycles. The summed E-state index contributed by atoms with van der Waals surface area (Å²) in [4.78, 5) is 25.8. The topological polar surface area (TPSA) is 49.4 Å². The lowest BCUT2D eigenvalue weighted by Gasteiger charge is -2.23. The van der Waals surface area contributed by atoms with Gasteiger partial charge in [0.05, 0.1) is 0 Å². The standard InChI is InChI=1S/C18H19BrN2O2/c1-12-6-4-9-17(13(12)2)21(14(3)22)11-18(23)20-16-8-5-7-15(19)10-16/h4-10H,11H2,1-3H3,(H,20,23). The fourth-order valence-corrected chi connectivity index (χ4v) is 2.70. The second-order valence-electron chi connectivity index (χ2n) is 5.38. The van der Waals surface area contributed by atoms with Crippen molar-refractivity contribution >= 4 is 39.1 Å². The van der Waals surface area contributed by atoms with Crippen molar-refractivity contribution in [2.24, 2.45) is 0 Å². The molecule has 0 spiro atoms. The number of rotatable bonds is 4. The molecule has 0 atom stereocenters. The van der Waals surface area contributed by atoms with E-state index < -0.39 is 0 Å². The summed E-state index contributed by atoms with van der Waals surface area (Å²) >= 11 is 3.36. The van der Waals surface area contributed by atoms with Crippen LogP contribution < -0.4 is 10.2 Å². The Labute approximate surface area is 144 Å². The maximum atomic E-state index is 12.3. The van der Waals surface area contributed by atoms with Crippen molar-refractivity contribution < 1.29 is 9.59 Å². The average molecular weight is 375 g/mol. The Morgan fingerprint density at radius 3 is 2.48 bits per heavy atom. The zero-order valence-corrected chi connectivity index (χ0v) is 15.0. The van der Waals surface area contributed by atoms with E-state index in [4.69, 9.17) is 0 Å². The predicted octanol–water partition coefficient (Wildman–Crippen LogP) is 4.06. The van der Waals surface area contributed by atoms with Gasteiger partial charge in [-0.05, 0) is 49.2 Å². The highest BCUT2D eigenvalue weighted by Crippen LogP contribution is 2.23. The van der Waals surface area contributed by atoms with E-state index in [2.05, 4.69) is 21.2 Å². The summed E-state index contributed by atoms with van der Waals surface area (Å²) < 4.78 is 0.883. The molecule has 1 N–H and O–H groups in total. The smallest absolute Gasteiger partial charge is 0.244 e. The molecule has 0 aliphatic rings. The van der Waals surface area contributed by atoms with E-state index in [1.54, 1.807) is 6.07 Å². The van der Waals surface area contributed by atoms with Gasteiger partial charge in [0.15, 0.2) is 0 Å². The van der Waals surface area contributed by atoms with Gasteiger partial charge in [-0.25, -0.2) is 0 Å². The van der Waals surface area contributed by atoms with E-state index in [-0.39, 0.29) is 18.4 Å². The van der Waals surface area contributed by atoms with Crippen LogP contribution in [0, 0.1) is 13.8 Å². The van der Waals surface area contributed by atoms with Crippen molar-refractivity contribution in [2.75, 3.05) is 16.8 Å². The Hall–Kier alpha value is -2.14. The lowest BCUT2D eigenvalue weighted by molar-refractivity contribution is -0.120. The van der Waals surface area contributed by atoms with Crippen LogP contribution in [0.1, 0.15) is 18.1 Å². The summed E-state index contributed by atoms with van der Waals surface area (Å²) in [5.74, 6) is -0.401. The van der Waals surface area contributed by atoms with Gasteiger partial charge in [-0.2, -0.15) is 0 Å². The number of carbonyl (C=O) groups excluding carboxylic acids is 2. The van der Waals surface area contributed by atoms with Gasteiger partial charge >= 0.3 is 0 Å². The van der Waals surface area contributed by atoms with Gasteiger partial charge in [-0.1, -0.05) is 34.1 Å². The predicted molar refractivity (Wildman–Crippen MR) is 96.7 cm³/mol. The highest BCUT2D eigenvalue weighted by atomic mass is 79.9. The van der Waals surface area contributed by atoms with Crippen molar-refractivity contribution in [3.8, 4) is 0 Å². The van der Waals surface area contributed by atoms with Crippen molar-refractivity contribution in [3.05, 3.63) is 58.1 Å². The SMILES string of the molecule is CC(=O)N(CC(=O)Nc1cccc(Br)c1)c1cccc(C)c1C. The van der Waals surface area contributed by atoms with Crippen molar-refractivity contribution in [3.63, 3.8) is 0 Å². The zero-order chi connectivity index (χ0) is 17.0. The number of hydrogen-bond acceptors (Lipinski definition) is 2. The summed E-state index contributed by atoms with van der Waals surface area (Å²) in [5, 5.41) is 2.81. The first kappa shape index (κ1) is 17.2. The fraction of sp³-hybridized carbons (Fsp3) is 0.222. The van der Waals surface area contributed by atoms with Crippen LogP contribution in [0.4, 0.5) is 11.4 Å². The minimum atomic E-state index is -0.237. The molecule has 0 radical (unpaired) electrons. The molecule has 23 heavy (non-hydrogen) atoms. The normalized spacial score (nSPS) is 10.3. The van der Waals surface area contributed by atoms with Gasteiger partial charge in [0.1, 0.15) is 6.54 Å². The number of nitrogens with one attached hydrogen (secondary N) is 1. The third-order valence-corrected chi connectivity index (χ3v) is 4.15. The Bertz CT molecular complexity index is 744. The molecule has 2 rings (SSSR count). The van der Waals surface area contributed by atoms with Crippen LogP contribution in [0.3, 0.4) is 0 Å². The Morgan fingerprint density at radius 2 is 1.83 bits per heavy atom. The van der Waals surface area contributed by atoms with E-state index in [1.165, 1.54) is 11.8 Å². The number of aryl methyl sites for hydroxylation is 1. The molecule has 4 nitrogen and oxygen atoms in total. The molecule has 5 heteroatoms. The highest BCUT2D eigenvalue weighted by Gasteiger charge is 2.18. The van der Waals surface area contributed by atoms with Gasteiger partial charge in [-0.15, -0.1) is 0 Å². The van der Waals surface area contributed by atoms with Gasteiger partial charge in [-0.3, -0.25) is 9.59 Å². The molecule has 0 bridgehead atoms. The lowest BCUT2D eigenvalue weighted by Crippen LogP contribution is -2.37. The first-order valence-electron chi connectivity index (χ1n) is 7.28. The van der Waals surface area contributed by atoms with E-state index >= 15 is 0 Å². The number of carbonyl (C=O) groups is 2. The molecule has 120 valence electrons. The molecule has 0 fully saturated rings. The van der Waals surface area contributed by atoms with Gasteiger partial charge in [0.2, 0.25) is 11.8 Å². The molecule has 0 unspecified atom stereocenters. The van der Waals surface area contributed by atoms with Crippen LogP contribution in [0.2, 0.25) is 0 Å². The molecule has 0 saturated heterocycles. The summed E-state index contributed by atoms with van der Waals surface area (Å²) in [5.41, 5.74) is 3.54. The molecule has 0 aliphatic heterocycles. The quantitative estimate of drug-likeness (QED) is 0.876. The second-order valence-corrected chi connectivity index (χ2v) is 6.30. The maximum absolute atomic E-state index is 12.3. The van der Waals surface area contributed by atoms with Gasteiger partial charge < -0.3 is 10.2 Å². The summed E-state index contributed by atoms with van der Waals surface area (Å²) in [6.07, 6.45) is 0. The highest BCUT2D eigenvalue weighted by molar-refractivity contribution is 9.10. The summed E-state index contributed by atoms with van der Waals surface area (Å²) in [7, 11) is 0. The van der Waals surface area contributed by atoms with Crippen LogP contribution in [-0.4, -0.2) is 18.4 Å². The molecule has 0 aliphatic carbocycles. The third-order valence-electron chi connectivity index (χ3n) is 3.66. The third kappa shape index (κ3) is 4.42. The monoisotopic (exact) mass is 374 g/mol. The molecular weight excluding hydrogens is 356 g/mol. The van der Waals surface area contributed by atoms with E-state index in [0.717, 1.165) is 21.3 Å². The zero-order valence-electron chi connectivity index (χ0n) is 13.4. The first-order valence-corrected chi connectivity index (χ1v) is 8.07. The van der Waals surface area contributed by atoms with E-state index in [0.29, 0.717) is 5.69 Å². The van der Waals surface area contributed by atoms with Crippen molar-refractivity contribution in [1.82, 2.24) is 0 Å². The number of benzene rings is 2. The largest absolute Gasteiger partial charge is 0.324 e. The number of nitrogens with zero attached hydrogens (tertiary/aromatic N) is 1. The van der Waals surface area contributed by atoms with Crippen LogP contribution >= 0.6 is 15.9 Å². The summed E-state index contributed by atoms with van der Waals surface area (Å²) in [6.45, 7) is 5.38. The molecule has 0 heterocycles. The minimum absolute atomic E-state index is 0.0217.